The van der Waals surface area contributed by atoms with Gasteiger partial charge in [0.05, 0.1) is 5.52 Å². The largest absolute Gasteiger partial charge is 0.425 e. The Morgan fingerprint density at radius 2 is 1.73 bits per heavy atom. The van der Waals surface area contributed by atoms with E-state index in [0.29, 0.717) is 29.8 Å². The van der Waals surface area contributed by atoms with Crippen LogP contribution in [0.15, 0.2) is 82.0 Å². The number of rotatable bonds is 4. The summed E-state index contributed by atoms with van der Waals surface area (Å²) in [4.78, 5) is 40.0. The number of benzene rings is 3. The summed E-state index contributed by atoms with van der Waals surface area (Å²) in [5, 5.41) is 0. The maximum absolute atomic E-state index is 13.1. The fourth-order valence-corrected chi connectivity index (χ4v) is 4.20. The molecule has 1 unspecified atom stereocenters. The first kappa shape index (κ1) is 20.8. The maximum Gasteiger partial charge on any atom is 0.420 e. The molecule has 2 heterocycles. The summed E-state index contributed by atoms with van der Waals surface area (Å²) in [7, 11) is 0. The average molecular weight is 442 g/mol. The Morgan fingerprint density at radius 3 is 2.58 bits per heavy atom. The highest BCUT2D eigenvalue weighted by molar-refractivity contribution is 5.95. The van der Waals surface area contributed by atoms with Crippen molar-refractivity contribution in [3.05, 3.63) is 100 Å². The topological polar surface area (TPSA) is 81.8 Å². The van der Waals surface area contributed by atoms with Gasteiger partial charge in [-0.2, -0.15) is 0 Å². The number of carbonyl (C=O) groups excluding carboxylic acids is 2. The molecule has 7 heteroatoms. The molecule has 0 spiro atoms. The average Bonchev–Trinajstić information content (AvgIpc) is 3.18. The van der Waals surface area contributed by atoms with E-state index in [4.69, 9.17) is 9.15 Å². The number of carbonyl (C=O) groups is 2. The van der Waals surface area contributed by atoms with Crippen molar-refractivity contribution in [2.45, 2.75) is 25.9 Å². The van der Waals surface area contributed by atoms with E-state index in [1.165, 1.54) is 10.1 Å². The first-order chi connectivity index (χ1) is 16.0. The van der Waals surface area contributed by atoms with Gasteiger partial charge in [-0.25, -0.2) is 9.59 Å². The summed E-state index contributed by atoms with van der Waals surface area (Å²) < 4.78 is 12.0. The summed E-state index contributed by atoms with van der Waals surface area (Å²) in [5.74, 6) is -1.13. The SMILES string of the molecule is CC(C(=O)Oc1cccc(C(=O)N2CCc3ccccc3C2)c1)n1c(=O)oc2ccccc21. The smallest absolute Gasteiger partial charge is 0.420 e. The van der Waals surface area contributed by atoms with E-state index in [1.54, 1.807) is 60.4 Å². The second-order valence-corrected chi connectivity index (χ2v) is 8.08. The Balaban J connectivity index is 1.33. The molecule has 1 aliphatic rings. The predicted octanol–water partition coefficient (Wildman–Crippen LogP) is 3.96. The second-order valence-electron chi connectivity index (χ2n) is 8.08. The lowest BCUT2D eigenvalue weighted by atomic mass is 9.99. The van der Waals surface area contributed by atoms with Gasteiger partial charge >= 0.3 is 11.7 Å². The van der Waals surface area contributed by atoms with E-state index in [0.717, 1.165) is 12.0 Å². The van der Waals surface area contributed by atoms with E-state index in [9.17, 15) is 14.4 Å². The zero-order chi connectivity index (χ0) is 22.9. The third-order valence-electron chi connectivity index (χ3n) is 5.96. The minimum atomic E-state index is -0.904. The second kappa shape index (κ2) is 8.43. The molecule has 1 aromatic heterocycles. The predicted molar refractivity (Wildman–Crippen MR) is 122 cm³/mol. The van der Waals surface area contributed by atoms with Gasteiger partial charge in [-0.05, 0) is 54.8 Å². The quantitative estimate of drug-likeness (QED) is 0.353. The number of hydrogen-bond donors (Lipinski definition) is 0. The van der Waals surface area contributed by atoms with Crippen LogP contribution >= 0.6 is 0 Å². The molecule has 0 N–H and O–H groups in total. The van der Waals surface area contributed by atoms with E-state index in [1.807, 2.05) is 18.2 Å². The van der Waals surface area contributed by atoms with Crippen LogP contribution in [0, 0.1) is 0 Å². The minimum absolute atomic E-state index is 0.118. The normalized spacial score (nSPS) is 14.0. The first-order valence-electron chi connectivity index (χ1n) is 10.8. The summed E-state index contributed by atoms with van der Waals surface area (Å²) in [6, 6.07) is 20.7. The zero-order valence-electron chi connectivity index (χ0n) is 18.1. The monoisotopic (exact) mass is 442 g/mol. The van der Waals surface area contributed by atoms with Gasteiger partial charge in [0.2, 0.25) is 0 Å². The van der Waals surface area contributed by atoms with Crippen molar-refractivity contribution in [2.24, 2.45) is 0 Å². The summed E-state index contributed by atoms with van der Waals surface area (Å²) >= 11 is 0. The number of aromatic nitrogens is 1. The van der Waals surface area contributed by atoms with Crippen molar-refractivity contribution in [1.29, 1.82) is 0 Å². The molecule has 0 aliphatic carbocycles. The molecule has 7 nitrogen and oxygen atoms in total. The van der Waals surface area contributed by atoms with Crippen molar-refractivity contribution in [3.63, 3.8) is 0 Å². The van der Waals surface area contributed by atoms with Gasteiger partial charge in [0, 0.05) is 18.7 Å². The minimum Gasteiger partial charge on any atom is -0.425 e. The molecule has 1 atom stereocenters. The number of ether oxygens (including phenoxy) is 1. The van der Waals surface area contributed by atoms with Crippen LogP contribution < -0.4 is 10.5 Å². The standard InChI is InChI=1S/C26H22N2O5/c1-17(28-22-11-4-5-12-23(22)33-26(28)31)25(30)32-21-10-6-9-19(15-21)24(29)27-14-13-18-7-2-3-8-20(18)16-27/h2-12,15,17H,13-14,16H2,1H3. The Hall–Kier alpha value is -4.13. The van der Waals surface area contributed by atoms with Crippen LogP contribution in [-0.4, -0.2) is 27.9 Å². The summed E-state index contributed by atoms with van der Waals surface area (Å²) in [6.07, 6.45) is 0.807. The molecular weight excluding hydrogens is 420 g/mol. The molecular formula is C26H22N2O5. The van der Waals surface area contributed by atoms with Crippen LogP contribution in [0.3, 0.4) is 0 Å². The van der Waals surface area contributed by atoms with Crippen molar-refractivity contribution in [3.8, 4) is 5.75 Å². The lowest BCUT2D eigenvalue weighted by Crippen LogP contribution is -2.35. The number of hydrogen-bond acceptors (Lipinski definition) is 5. The number of fused-ring (bicyclic) bond motifs is 2. The Bertz CT molecular complexity index is 1420. The molecule has 0 radical (unpaired) electrons. The molecule has 0 saturated heterocycles. The lowest BCUT2D eigenvalue weighted by molar-refractivity contribution is -0.137. The number of para-hydroxylation sites is 2. The van der Waals surface area contributed by atoms with E-state index in [-0.39, 0.29) is 11.7 Å². The molecule has 0 fully saturated rings. The Labute approximate surface area is 189 Å². The van der Waals surface area contributed by atoms with Crippen LogP contribution in [0.4, 0.5) is 0 Å². The highest BCUT2D eigenvalue weighted by Crippen LogP contribution is 2.23. The van der Waals surface area contributed by atoms with Gasteiger partial charge in [-0.3, -0.25) is 9.36 Å². The maximum atomic E-state index is 13.1. The lowest BCUT2D eigenvalue weighted by Gasteiger charge is -2.29. The van der Waals surface area contributed by atoms with E-state index < -0.39 is 17.8 Å². The number of esters is 1. The van der Waals surface area contributed by atoms with Crippen LogP contribution in [0.25, 0.3) is 11.1 Å². The van der Waals surface area contributed by atoms with Gasteiger partial charge in [0.15, 0.2) is 5.58 Å². The molecule has 33 heavy (non-hydrogen) atoms. The fourth-order valence-electron chi connectivity index (χ4n) is 4.20. The van der Waals surface area contributed by atoms with Crippen molar-refractivity contribution in [2.75, 3.05) is 6.54 Å². The fraction of sp³-hybridized carbons (Fsp3) is 0.192. The van der Waals surface area contributed by atoms with Crippen molar-refractivity contribution >= 4 is 23.0 Å². The molecule has 1 aliphatic heterocycles. The summed E-state index contributed by atoms with van der Waals surface area (Å²) in [6.45, 7) is 2.76. The molecule has 0 bridgehead atoms. The van der Waals surface area contributed by atoms with Gasteiger partial charge < -0.3 is 14.1 Å². The molecule has 1 amide bonds. The van der Waals surface area contributed by atoms with Gasteiger partial charge in [-0.15, -0.1) is 0 Å². The third kappa shape index (κ3) is 3.93. The molecule has 0 saturated carbocycles. The third-order valence-corrected chi connectivity index (χ3v) is 5.96. The highest BCUT2D eigenvalue weighted by Gasteiger charge is 2.25. The van der Waals surface area contributed by atoms with Crippen molar-refractivity contribution in [1.82, 2.24) is 9.47 Å². The molecule has 3 aromatic carbocycles. The number of amides is 1. The van der Waals surface area contributed by atoms with Gasteiger partial charge in [0.25, 0.3) is 5.91 Å². The zero-order valence-corrected chi connectivity index (χ0v) is 18.1. The van der Waals surface area contributed by atoms with Crippen LogP contribution in [0.1, 0.15) is 34.5 Å². The highest BCUT2D eigenvalue weighted by atomic mass is 16.5. The van der Waals surface area contributed by atoms with Gasteiger partial charge in [0.1, 0.15) is 11.8 Å². The van der Waals surface area contributed by atoms with E-state index in [2.05, 4.69) is 6.07 Å². The Kier molecular flexibility index (Phi) is 5.30. The van der Waals surface area contributed by atoms with Crippen LogP contribution in [-0.2, 0) is 17.8 Å². The van der Waals surface area contributed by atoms with Crippen LogP contribution in [0.5, 0.6) is 5.75 Å². The number of nitrogens with zero attached hydrogens (tertiary/aromatic N) is 2. The molecule has 4 aromatic rings. The van der Waals surface area contributed by atoms with E-state index >= 15 is 0 Å². The Morgan fingerprint density at radius 1 is 0.970 bits per heavy atom. The van der Waals surface area contributed by atoms with Crippen molar-refractivity contribution < 1.29 is 18.7 Å². The molecule has 5 rings (SSSR count). The molecule has 166 valence electrons. The van der Waals surface area contributed by atoms with Crippen LogP contribution in [0.2, 0.25) is 0 Å². The summed E-state index contributed by atoms with van der Waals surface area (Å²) in [5.41, 5.74) is 3.77. The number of oxazole rings is 1. The van der Waals surface area contributed by atoms with Gasteiger partial charge in [-0.1, -0.05) is 42.5 Å². The first-order valence-corrected chi connectivity index (χ1v) is 10.8.